The first-order chi connectivity index (χ1) is 13.1. The van der Waals surface area contributed by atoms with Gasteiger partial charge in [-0.3, -0.25) is 4.79 Å². The first-order valence-corrected chi connectivity index (χ1v) is 9.92. The van der Waals surface area contributed by atoms with Gasteiger partial charge in [0.1, 0.15) is 0 Å². The molecule has 2 aromatic rings. The number of nitrogens with one attached hydrogen (secondary N) is 2. The average Bonchev–Trinajstić information content (AvgIpc) is 3.11. The Morgan fingerprint density at radius 1 is 1.11 bits per heavy atom. The molecule has 1 heterocycles. The molecule has 2 N–H and O–H groups in total. The summed E-state index contributed by atoms with van der Waals surface area (Å²) in [6.45, 7) is 4.18. The van der Waals surface area contributed by atoms with Gasteiger partial charge in [0.25, 0.3) is 5.91 Å². The zero-order chi connectivity index (χ0) is 18.7. The Morgan fingerprint density at radius 2 is 1.93 bits per heavy atom. The SMILES string of the molecule is Cc1ccc(CNC(=O)c2cccc(CNC3COC4(CCC4)C3)c2)cc1. The van der Waals surface area contributed by atoms with Crippen LogP contribution in [0.5, 0.6) is 0 Å². The molecule has 4 heteroatoms. The van der Waals surface area contributed by atoms with Gasteiger partial charge >= 0.3 is 0 Å². The van der Waals surface area contributed by atoms with Crippen LogP contribution in [-0.4, -0.2) is 24.2 Å². The summed E-state index contributed by atoms with van der Waals surface area (Å²) in [4.78, 5) is 12.5. The minimum atomic E-state index is -0.0324. The maximum absolute atomic E-state index is 12.5. The Balaban J connectivity index is 1.29. The van der Waals surface area contributed by atoms with Crippen molar-refractivity contribution in [2.75, 3.05) is 6.61 Å². The molecule has 0 radical (unpaired) electrons. The normalized spacial score (nSPS) is 20.4. The van der Waals surface area contributed by atoms with E-state index in [0.29, 0.717) is 18.2 Å². The standard InChI is InChI=1S/C23H28N2O2/c1-17-6-8-18(9-7-17)14-25-22(26)20-5-2-4-19(12-20)15-24-21-13-23(27-16-21)10-3-11-23/h2,4-9,12,21,24H,3,10-11,13-16H2,1H3,(H,25,26). The van der Waals surface area contributed by atoms with E-state index in [9.17, 15) is 4.79 Å². The summed E-state index contributed by atoms with van der Waals surface area (Å²) in [6.07, 6.45) is 4.83. The van der Waals surface area contributed by atoms with Crippen molar-refractivity contribution in [1.82, 2.24) is 10.6 Å². The lowest BCUT2D eigenvalue weighted by Crippen LogP contribution is -2.37. The predicted octanol–water partition coefficient (Wildman–Crippen LogP) is 3.73. The highest BCUT2D eigenvalue weighted by molar-refractivity contribution is 5.94. The third-order valence-corrected chi connectivity index (χ3v) is 5.83. The van der Waals surface area contributed by atoms with Crippen LogP contribution < -0.4 is 10.6 Å². The topological polar surface area (TPSA) is 50.4 Å². The highest BCUT2D eigenvalue weighted by Gasteiger charge is 2.44. The molecule has 4 nitrogen and oxygen atoms in total. The molecular weight excluding hydrogens is 336 g/mol. The van der Waals surface area contributed by atoms with E-state index in [0.717, 1.165) is 30.7 Å². The number of ether oxygens (including phenoxy) is 1. The molecule has 0 aromatic heterocycles. The predicted molar refractivity (Wildman–Crippen MR) is 107 cm³/mol. The number of carbonyl (C=O) groups is 1. The summed E-state index contributed by atoms with van der Waals surface area (Å²) < 4.78 is 5.99. The number of benzene rings is 2. The van der Waals surface area contributed by atoms with Crippen molar-refractivity contribution >= 4 is 5.91 Å². The van der Waals surface area contributed by atoms with E-state index in [1.165, 1.54) is 24.8 Å². The molecule has 0 bridgehead atoms. The highest BCUT2D eigenvalue weighted by Crippen LogP contribution is 2.43. The van der Waals surface area contributed by atoms with Crippen molar-refractivity contribution < 1.29 is 9.53 Å². The van der Waals surface area contributed by atoms with E-state index in [1.807, 2.05) is 18.2 Å². The number of aryl methyl sites for hydroxylation is 1. The van der Waals surface area contributed by atoms with Crippen molar-refractivity contribution in [2.45, 2.75) is 57.3 Å². The molecule has 2 fully saturated rings. The largest absolute Gasteiger partial charge is 0.373 e. The van der Waals surface area contributed by atoms with Crippen LogP contribution in [0.1, 0.15) is 52.7 Å². The second-order valence-corrected chi connectivity index (χ2v) is 8.00. The molecule has 1 amide bonds. The van der Waals surface area contributed by atoms with Crippen LogP contribution in [0.25, 0.3) is 0 Å². The van der Waals surface area contributed by atoms with E-state index >= 15 is 0 Å². The lowest BCUT2D eigenvalue weighted by molar-refractivity contribution is -0.0563. The van der Waals surface area contributed by atoms with Crippen LogP contribution in [0.15, 0.2) is 48.5 Å². The zero-order valence-electron chi connectivity index (χ0n) is 16.0. The molecule has 1 unspecified atom stereocenters. The summed E-state index contributed by atoms with van der Waals surface area (Å²) in [6, 6.07) is 16.5. The van der Waals surface area contributed by atoms with Gasteiger partial charge in [0.15, 0.2) is 0 Å². The van der Waals surface area contributed by atoms with Gasteiger partial charge in [-0.15, -0.1) is 0 Å². The minimum absolute atomic E-state index is 0.0324. The Hall–Kier alpha value is -2.17. The van der Waals surface area contributed by atoms with Gasteiger partial charge in [0, 0.05) is 24.7 Å². The second-order valence-electron chi connectivity index (χ2n) is 8.00. The summed E-state index contributed by atoms with van der Waals surface area (Å²) in [5, 5.41) is 6.60. The van der Waals surface area contributed by atoms with Gasteiger partial charge in [-0.25, -0.2) is 0 Å². The fraction of sp³-hybridized carbons (Fsp3) is 0.435. The molecule has 1 spiro atoms. The third-order valence-electron chi connectivity index (χ3n) is 5.83. The van der Waals surface area contributed by atoms with E-state index in [2.05, 4.69) is 47.9 Å². The van der Waals surface area contributed by atoms with Gasteiger partial charge in [-0.05, 0) is 55.9 Å². The summed E-state index contributed by atoms with van der Waals surface area (Å²) >= 11 is 0. The monoisotopic (exact) mass is 364 g/mol. The van der Waals surface area contributed by atoms with Crippen LogP contribution in [0.3, 0.4) is 0 Å². The molecule has 1 saturated heterocycles. The molecular formula is C23H28N2O2. The van der Waals surface area contributed by atoms with Gasteiger partial charge in [-0.2, -0.15) is 0 Å². The maximum Gasteiger partial charge on any atom is 0.251 e. The first kappa shape index (κ1) is 18.2. The smallest absolute Gasteiger partial charge is 0.251 e. The Morgan fingerprint density at radius 3 is 2.63 bits per heavy atom. The lowest BCUT2D eigenvalue weighted by atomic mass is 9.77. The van der Waals surface area contributed by atoms with Gasteiger partial charge in [0.05, 0.1) is 12.2 Å². The van der Waals surface area contributed by atoms with E-state index in [4.69, 9.17) is 4.74 Å². The first-order valence-electron chi connectivity index (χ1n) is 9.92. The average molecular weight is 364 g/mol. The van der Waals surface area contributed by atoms with Crippen molar-refractivity contribution in [3.63, 3.8) is 0 Å². The number of carbonyl (C=O) groups excluding carboxylic acids is 1. The quantitative estimate of drug-likeness (QED) is 0.821. The summed E-state index contributed by atoms with van der Waals surface area (Å²) in [5.74, 6) is -0.0324. The second kappa shape index (κ2) is 7.83. The molecule has 2 aromatic carbocycles. The Kier molecular flexibility index (Phi) is 5.28. The molecule has 1 aliphatic carbocycles. The number of rotatable bonds is 6. The van der Waals surface area contributed by atoms with Crippen LogP contribution >= 0.6 is 0 Å². The fourth-order valence-corrected chi connectivity index (χ4v) is 3.97. The third kappa shape index (κ3) is 4.40. The summed E-state index contributed by atoms with van der Waals surface area (Å²) in [5.41, 5.74) is 4.35. The fourth-order valence-electron chi connectivity index (χ4n) is 3.97. The van der Waals surface area contributed by atoms with E-state index < -0.39 is 0 Å². The van der Waals surface area contributed by atoms with Crippen molar-refractivity contribution in [3.8, 4) is 0 Å². The molecule has 1 saturated carbocycles. The maximum atomic E-state index is 12.5. The van der Waals surface area contributed by atoms with Crippen LogP contribution in [-0.2, 0) is 17.8 Å². The van der Waals surface area contributed by atoms with E-state index in [1.54, 1.807) is 0 Å². The van der Waals surface area contributed by atoms with Crippen LogP contribution in [0, 0.1) is 6.92 Å². The van der Waals surface area contributed by atoms with Crippen molar-refractivity contribution in [1.29, 1.82) is 0 Å². The van der Waals surface area contributed by atoms with Crippen molar-refractivity contribution in [3.05, 3.63) is 70.8 Å². The minimum Gasteiger partial charge on any atom is -0.373 e. The Labute approximate surface area is 161 Å². The van der Waals surface area contributed by atoms with Crippen molar-refractivity contribution in [2.24, 2.45) is 0 Å². The highest BCUT2D eigenvalue weighted by atomic mass is 16.5. The molecule has 1 aliphatic heterocycles. The van der Waals surface area contributed by atoms with E-state index in [-0.39, 0.29) is 11.5 Å². The number of hydrogen-bond acceptors (Lipinski definition) is 3. The van der Waals surface area contributed by atoms with Crippen LogP contribution in [0.4, 0.5) is 0 Å². The Bertz CT molecular complexity index is 796. The molecule has 142 valence electrons. The summed E-state index contributed by atoms with van der Waals surface area (Å²) in [7, 11) is 0. The molecule has 1 atom stereocenters. The zero-order valence-corrected chi connectivity index (χ0v) is 16.0. The number of amides is 1. The van der Waals surface area contributed by atoms with Gasteiger partial charge in [-0.1, -0.05) is 42.0 Å². The van der Waals surface area contributed by atoms with Gasteiger partial charge < -0.3 is 15.4 Å². The molecule has 4 rings (SSSR count). The molecule has 27 heavy (non-hydrogen) atoms. The molecule has 2 aliphatic rings. The van der Waals surface area contributed by atoms with Gasteiger partial charge in [0.2, 0.25) is 0 Å². The van der Waals surface area contributed by atoms with Crippen LogP contribution in [0.2, 0.25) is 0 Å². The number of hydrogen-bond donors (Lipinski definition) is 2. The lowest BCUT2D eigenvalue weighted by Gasteiger charge is -2.37.